The van der Waals surface area contributed by atoms with Crippen LogP contribution in [0, 0.1) is 11.7 Å². The molecule has 4 N–H and O–H groups in total. The standard InChI is InChI=1S/C13H18BrFN2O3S/c14-9-5-10(15)13(6-11(9)16)21(19,20)17-7-8-3-1-2-4-12(8)18/h5-6,8,12,17-18H,1-4,7,16H2. The van der Waals surface area contributed by atoms with Gasteiger partial charge in [-0.15, -0.1) is 0 Å². The monoisotopic (exact) mass is 380 g/mol. The summed E-state index contributed by atoms with van der Waals surface area (Å²) in [6.07, 6.45) is 2.83. The Hall–Kier alpha value is -0.700. The summed E-state index contributed by atoms with van der Waals surface area (Å²) in [7, 11) is -3.99. The molecule has 0 spiro atoms. The van der Waals surface area contributed by atoms with E-state index in [4.69, 9.17) is 5.73 Å². The first kappa shape index (κ1) is 16.7. The van der Waals surface area contributed by atoms with Gasteiger partial charge in [-0.3, -0.25) is 0 Å². The van der Waals surface area contributed by atoms with Crippen LogP contribution in [-0.4, -0.2) is 26.2 Å². The zero-order chi connectivity index (χ0) is 15.6. The highest BCUT2D eigenvalue weighted by molar-refractivity contribution is 9.10. The van der Waals surface area contributed by atoms with Crippen molar-refractivity contribution in [2.75, 3.05) is 12.3 Å². The van der Waals surface area contributed by atoms with Crippen LogP contribution >= 0.6 is 15.9 Å². The summed E-state index contributed by atoms with van der Waals surface area (Å²) in [5.74, 6) is -1.00. The van der Waals surface area contributed by atoms with Crippen molar-refractivity contribution in [2.45, 2.75) is 36.7 Å². The number of nitrogens with one attached hydrogen (secondary N) is 1. The predicted molar refractivity (Wildman–Crippen MR) is 81.7 cm³/mol. The van der Waals surface area contributed by atoms with Crippen molar-refractivity contribution in [3.05, 3.63) is 22.4 Å². The van der Waals surface area contributed by atoms with Crippen molar-refractivity contribution in [1.82, 2.24) is 4.72 Å². The number of hydrogen-bond donors (Lipinski definition) is 3. The molecule has 1 aromatic rings. The number of hydrogen-bond acceptors (Lipinski definition) is 4. The summed E-state index contributed by atoms with van der Waals surface area (Å²) < 4.78 is 40.8. The third-order valence-corrected chi connectivity index (χ3v) is 5.87. The zero-order valence-corrected chi connectivity index (χ0v) is 13.8. The fourth-order valence-electron chi connectivity index (χ4n) is 2.47. The van der Waals surface area contributed by atoms with E-state index < -0.39 is 26.8 Å². The fraction of sp³-hybridized carbons (Fsp3) is 0.538. The van der Waals surface area contributed by atoms with Gasteiger partial charge in [-0.2, -0.15) is 0 Å². The Labute approximate surface area is 131 Å². The lowest BCUT2D eigenvalue weighted by Crippen LogP contribution is -2.37. The van der Waals surface area contributed by atoms with E-state index >= 15 is 0 Å². The van der Waals surface area contributed by atoms with E-state index in [1.165, 1.54) is 0 Å². The molecule has 0 radical (unpaired) electrons. The molecule has 1 aromatic carbocycles. The fourth-order valence-corrected chi connectivity index (χ4v) is 3.97. The molecule has 5 nitrogen and oxygen atoms in total. The van der Waals surface area contributed by atoms with E-state index in [1.54, 1.807) is 0 Å². The van der Waals surface area contributed by atoms with Crippen molar-refractivity contribution in [3.63, 3.8) is 0 Å². The first-order valence-corrected chi connectivity index (χ1v) is 9.01. The minimum Gasteiger partial charge on any atom is -0.398 e. The second-order valence-electron chi connectivity index (χ2n) is 5.27. The predicted octanol–water partition coefficient (Wildman–Crippen LogP) is 2.00. The maximum Gasteiger partial charge on any atom is 0.243 e. The highest BCUT2D eigenvalue weighted by atomic mass is 79.9. The molecular weight excluding hydrogens is 363 g/mol. The van der Waals surface area contributed by atoms with Gasteiger partial charge in [0.2, 0.25) is 10.0 Å². The Morgan fingerprint density at radius 1 is 1.38 bits per heavy atom. The van der Waals surface area contributed by atoms with Crippen molar-refractivity contribution in [2.24, 2.45) is 5.92 Å². The van der Waals surface area contributed by atoms with Crippen molar-refractivity contribution in [1.29, 1.82) is 0 Å². The molecule has 1 fully saturated rings. The molecule has 0 saturated heterocycles. The van der Waals surface area contributed by atoms with Crippen molar-refractivity contribution in [3.8, 4) is 0 Å². The topological polar surface area (TPSA) is 92.4 Å². The van der Waals surface area contributed by atoms with Gasteiger partial charge in [0.25, 0.3) is 0 Å². The Kier molecular flexibility index (Phi) is 5.24. The van der Waals surface area contributed by atoms with Gasteiger partial charge in [0.1, 0.15) is 10.7 Å². The third-order valence-electron chi connectivity index (χ3n) is 3.75. The van der Waals surface area contributed by atoms with Gasteiger partial charge in [0.15, 0.2) is 0 Å². The number of anilines is 1. The van der Waals surface area contributed by atoms with E-state index in [0.717, 1.165) is 31.4 Å². The summed E-state index contributed by atoms with van der Waals surface area (Å²) in [6, 6.07) is 2.11. The quantitative estimate of drug-likeness (QED) is 0.696. The highest BCUT2D eigenvalue weighted by Crippen LogP contribution is 2.27. The normalized spacial score (nSPS) is 23.2. The molecule has 118 valence electrons. The SMILES string of the molecule is Nc1cc(S(=O)(=O)NCC2CCCCC2O)c(F)cc1Br. The first-order chi connectivity index (χ1) is 9.81. The van der Waals surface area contributed by atoms with Crippen LogP contribution in [-0.2, 0) is 10.0 Å². The Bertz CT molecular complexity index is 624. The highest BCUT2D eigenvalue weighted by Gasteiger charge is 2.26. The van der Waals surface area contributed by atoms with Crippen molar-refractivity contribution >= 4 is 31.6 Å². The van der Waals surface area contributed by atoms with Crippen LogP contribution in [0.1, 0.15) is 25.7 Å². The number of aliphatic hydroxyl groups excluding tert-OH is 1. The first-order valence-electron chi connectivity index (χ1n) is 6.73. The second-order valence-corrected chi connectivity index (χ2v) is 7.86. The van der Waals surface area contributed by atoms with Gasteiger partial charge in [-0.05, 0) is 46.8 Å². The molecule has 0 heterocycles. The Morgan fingerprint density at radius 3 is 2.71 bits per heavy atom. The zero-order valence-electron chi connectivity index (χ0n) is 11.4. The van der Waals surface area contributed by atoms with E-state index in [1.807, 2.05) is 0 Å². The van der Waals surface area contributed by atoms with E-state index in [9.17, 15) is 17.9 Å². The Balaban J connectivity index is 2.13. The number of aliphatic hydroxyl groups is 1. The molecule has 1 aliphatic rings. The largest absolute Gasteiger partial charge is 0.398 e. The van der Waals surface area contributed by atoms with Gasteiger partial charge >= 0.3 is 0 Å². The second kappa shape index (κ2) is 6.60. The molecule has 2 atom stereocenters. The van der Waals surface area contributed by atoms with Gasteiger partial charge in [0, 0.05) is 16.7 Å². The molecule has 8 heteroatoms. The maximum absolute atomic E-state index is 13.8. The minimum absolute atomic E-state index is 0.0961. The molecule has 1 saturated carbocycles. The van der Waals surface area contributed by atoms with Gasteiger partial charge in [0.05, 0.1) is 6.10 Å². The van der Waals surface area contributed by atoms with Crippen LogP contribution in [0.3, 0.4) is 0 Å². The van der Waals surface area contributed by atoms with Crippen LogP contribution in [0.4, 0.5) is 10.1 Å². The molecule has 0 bridgehead atoms. The Morgan fingerprint density at radius 2 is 2.05 bits per heavy atom. The van der Waals surface area contributed by atoms with Crippen LogP contribution in [0.15, 0.2) is 21.5 Å². The number of halogens is 2. The number of nitrogen functional groups attached to an aromatic ring is 1. The lowest BCUT2D eigenvalue weighted by molar-refractivity contribution is 0.0724. The van der Waals surface area contributed by atoms with Crippen LogP contribution in [0.2, 0.25) is 0 Å². The van der Waals surface area contributed by atoms with Crippen LogP contribution in [0.25, 0.3) is 0 Å². The van der Waals surface area contributed by atoms with E-state index in [2.05, 4.69) is 20.7 Å². The molecule has 0 aromatic heterocycles. The lowest BCUT2D eigenvalue weighted by atomic mass is 9.87. The maximum atomic E-state index is 13.8. The number of sulfonamides is 1. The average molecular weight is 381 g/mol. The van der Waals surface area contributed by atoms with Gasteiger partial charge < -0.3 is 10.8 Å². The summed E-state index contributed by atoms with van der Waals surface area (Å²) >= 11 is 3.04. The molecule has 2 unspecified atom stereocenters. The molecule has 21 heavy (non-hydrogen) atoms. The number of rotatable bonds is 4. The molecular formula is C13H18BrFN2O3S. The third kappa shape index (κ3) is 3.94. The average Bonchev–Trinajstić information content (AvgIpc) is 2.42. The molecule has 0 amide bonds. The molecule has 0 aliphatic heterocycles. The summed E-state index contributed by atoms with van der Waals surface area (Å²) in [6.45, 7) is 0.0961. The van der Waals surface area contributed by atoms with Gasteiger partial charge in [-0.1, -0.05) is 12.8 Å². The van der Waals surface area contributed by atoms with E-state index in [-0.39, 0.29) is 18.2 Å². The van der Waals surface area contributed by atoms with Crippen molar-refractivity contribution < 1.29 is 17.9 Å². The van der Waals surface area contributed by atoms with E-state index in [0.29, 0.717) is 10.9 Å². The smallest absolute Gasteiger partial charge is 0.243 e. The molecule has 1 aliphatic carbocycles. The number of benzene rings is 1. The summed E-state index contributed by atoms with van der Waals surface area (Å²) in [5, 5.41) is 9.84. The number of nitrogens with two attached hydrogens (primary N) is 1. The van der Waals surface area contributed by atoms with Gasteiger partial charge in [-0.25, -0.2) is 17.5 Å². The minimum atomic E-state index is -3.99. The summed E-state index contributed by atoms with van der Waals surface area (Å²) in [4.78, 5) is -0.478. The summed E-state index contributed by atoms with van der Waals surface area (Å²) in [5.41, 5.74) is 5.75. The van der Waals surface area contributed by atoms with Crippen LogP contribution in [0.5, 0.6) is 0 Å². The lowest BCUT2D eigenvalue weighted by Gasteiger charge is -2.27. The van der Waals surface area contributed by atoms with Crippen LogP contribution < -0.4 is 10.5 Å². The molecule has 2 rings (SSSR count).